The van der Waals surface area contributed by atoms with E-state index in [0.29, 0.717) is 23.2 Å². The molecule has 2 aliphatic rings. The molecule has 1 aromatic carbocycles. The number of sulfonamides is 1. The molecule has 5 nitrogen and oxygen atoms in total. The normalized spacial score (nSPS) is 24.4. The van der Waals surface area contributed by atoms with Gasteiger partial charge in [-0.15, -0.1) is 0 Å². The first-order valence-electron chi connectivity index (χ1n) is 7.06. The molecule has 1 atom stereocenters. The summed E-state index contributed by atoms with van der Waals surface area (Å²) in [6.07, 6.45) is 5.84. The Balaban J connectivity index is 1.72. The highest BCUT2D eigenvalue weighted by Crippen LogP contribution is 2.30. The standard InChI is InChI=1S/C14H19N3O2S/c18-20(19)14-7-2-1-6-13(14)16-11-17(20)10-8-12-5-3-4-9-15-12/h1-2,6-7,11-12,15H,3-5,8-10H2. The molecule has 1 fully saturated rings. The molecule has 108 valence electrons. The van der Waals surface area contributed by atoms with E-state index < -0.39 is 10.0 Å². The van der Waals surface area contributed by atoms with Crippen LogP contribution in [0.5, 0.6) is 0 Å². The van der Waals surface area contributed by atoms with Crippen molar-refractivity contribution < 1.29 is 8.42 Å². The van der Waals surface area contributed by atoms with Crippen molar-refractivity contribution in [3.63, 3.8) is 0 Å². The Morgan fingerprint density at radius 1 is 1.30 bits per heavy atom. The maximum absolute atomic E-state index is 12.5. The van der Waals surface area contributed by atoms with Gasteiger partial charge in [-0.3, -0.25) is 4.31 Å². The molecule has 0 aromatic heterocycles. The van der Waals surface area contributed by atoms with Gasteiger partial charge in [0.05, 0.1) is 5.69 Å². The second-order valence-electron chi connectivity index (χ2n) is 5.26. The van der Waals surface area contributed by atoms with Crippen LogP contribution in [0.15, 0.2) is 34.2 Å². The third-order valence-corrected chi connectivity index (χ3v) is 5.68. The molecule has 1 N–H and O–H groups in total. The van der Waals surface area contributed by atoms with Gasteiger partial charge < -0.3 is 5.32 Å². The highest BCUT2D eigenvalue weighted by atomic mass is 32.2. The van der Waals surface area contributed by atoms with Crippen LogP contribution in [0.25, 0.3) is 0 Å². The van der Waals surface area contributed by atoms with Crippen molar-refractivity contribution in [2.45, 2.75) is 36.6 Å². The number of aliphatic imine (C=N–C) groups is 1. The summed E-state index contributed by atoms with van der Waals surface area (Å²) < 4.78 is 26.3. The molecule has 0 amide bonds. The Kier molecular flexibility index (Phi) is 3.76. The first-order valence-corrected chi connectivity index (χ1v) is 8.50. The van der Waals surface area contributed by atoms with Crippen LogP contribution in [0.2, 0.25) is 0 Å². The summed E-state index contributed by atoms with van der Waals surface area (Å²) in [4.78, 5) is 4.54. The lowest BCUT2D eigenvalue weighted by atomic mass is 10.0. The molecular weight excluding hydrogens is 274 g/mol. The number of rotatable bonds is 3. The number of fused-ring (bicyclic) bond motifs is 1. The molecule has 1 aromatic rings. The Labute approximate surface area is 119 Å². The monoisotopic (exact) mass is 293 g/mol. The van der Waals surface area contributed by atoms with Crippen molar-refractivity contribution >= 4 is 22.0 Å². The summed E-state index contributed by atoms with van der Waals surface area (Å²) in [5.74, 6) is 0. The minimum absolute atomic E-state index is 0.305. The molecule has 0 spiro atoms. The Morgan fingerprint density at radius 3 is 2.95 bits per heavy atom. The number of nitrogens with zero attached hydrogens (tertiary/aromatic N) is 2. The van der Waals surface area contributed by atoms with Crippen LogP contribution in [0.3, 0.4) is 0 Å². The zero-order valence-electron chi connectivity index (χ0n) is 11.3. The highest BCUT2D eigenvalue weighted by molar-refractivity contribution is 7.89. The van der Waals surface area contributed by atoms with Gasteiger partial charge >= 0.3 is 0 Å². The lowest BCUT2D eigenvalue weighted by Gasteiger charge is -2.28. The number of nitrogens with one attached hydrogen (secondary N) is 1. The van der Waals surface area contributed by atoms with Gasteiger partial charge in [0.1, 0.15) is 11.2 Å². The summed E-state index contributed by atoms with van der Waals surface area (Å²) in [5.41, 5.74) is 0.527. The molecule has 20 heavy (non-hydrogen) atoms. The lowest BCUT2D eigenvalue weighted by Crippen LogP contribution is -2.39. The fourth-order valence-corrected chi connectivity index (χ4v) is 4.13. The summed E-state index contributed by atoms with van der Waals surface area (Å²) in [7, 11) is -3.43. The number of benzene rings is 1. The van der Waals surface area contributed by atoms with E-state index in [0.717, 1.165) is 19.4 Å². The van der Waals surface area contributed by atoms with Gasteiger partial charge in [0.15, 0.2) is 0 Å². The zero-order chi connectivity index (χ0) is 14.0. The molecule has 3 rings (SSSR count). The lowest BCUT2D eigenvalue weighted by molar-refractivity contribution is 0.366. The van der Waals surface area contributed by atoms with E-state index in [1.165, 1.54) is 23.5 Å². The number of hydrogen-bond acceptors (Lipinski definition) is 4. The number of hydrogen-bond donors (Lipinski definition) is 1. The number of para-hydroxylation sites is 1. The fraction of sp³-hybridized carbons (Fsp3) is 0.500. The van der Waals surface area contributed by atoms with E-state index in [2.05, 4.69) is 10.3 Å². The van der Waals surface area contributed by atoms with Gasteiger partial charge in [-0.25, -0.2) is 13.4 Å². The third-order valence-electron chi connectivity index (χ3n) is 3.89. The molecule has 1 unspecified atom stereocenters. The topological polar surface area (TPSA) is 61.8 Å². The SMILES string of the molecule is O=S1(=O)c2ccccc2N=CN1CCC1CCCCN1. The van der Waals surface area contributed by atoms with Crippen molar-refractivity contribution in [2.24, 2.45) is 4.99 Å². The Bertz CT molecular complexity index is 607. The maximum Gasteiger partial charge on any atom is 0.267 e. The van der Waals surface area contributed by atoms with E-state index in [1.54, 1.807) is 24.3 Å². The minimum atomic E-state index is -3.43. The smallest absolute Gasteiger partial charge is 0.267 e. The Hall–Kier alpha value is -1.40. The molecular formula is C14H19N3O2S. The van der Waals surface area contributed by atoms with Crippen molar-refractivity contribution in [3.05, 3.63) is 24.3 Å². The number of piperidine rings is 1. The first-order chi connectivity index (χ1) is 9.68. The van der Waals surface area contributed by atoms with Crippen LogP contribution in [0, 0.1) is 0 Å². The van der Waals surface area contributed by atoms with Crippen molar-refractivity contribution in [1.82, 2.24) is 9.62 Å². The largest absolute Gasteiger partial charge is 0.314 e. The van der Waals surface area contributed by atoms with Gasteiger partial charge in [0, 0.05) is 12.6 Å². The van der Waals surface area contributed by atoms with Crippen molar-refractivity contribution in [3.8, 4) is 0 Å². The average molecular weight is 293 g/mol. The second kappa shape index (κ2) is 5.54. The summed E-state index contributed by atoms with van der Waals surface area (Å²) in [6, 6.07) is 7.30. The summed E-state index contributed by atoms with van der Waals surface area (Å²) >= 11 is 0. The van der Waals surface area contributed by atoms with E-state index in [4.69, 9.17) is 0 Å². The fourth-order valence-electron chi connectivity index (χ4n) is 2.73. The summed E-state index contributed by atoms with van der Waals surface area (Å²) in [6.45, 7) is 1.52. The molecule has 2 aliphatic heterocycles. The van der Waals surface area contributed by atoms with E-state index >= 15 is 0 Å². The van der Waals surface area contributed by atoms with Gasteiger partial charge in [-0.05, 0) is 37.9 Å². The predicted molar refractivity (Wildman–Crippen MR) is 78.7 cm³/mol. The summed E-state index contributed by atoms with van der Waals surface area (Å²) in [5, 5.41) is 3.44. The van der Waals surface area contributed by atoms with Gasteiger partial charge in [0.2, 0.25) is 0 Å². The van der Waals surface area contributed by atoms with Gasteiger partial charge in [-0.1, -0.05) is 18.6 Å². The quantitative estimate of drug-likeness (QED) is 0.925. The van der Waals surface area contributed by atoms with Crippen LogP contribution in [0.4, 0.5) is 5.69 Å². The molecule has 2 heterocycles. The van der Waals surface area contributed by atoms with Gasteiger partial charge in [0.25, 0.3) is 10.0 Å². The third kappa shape index (κ3) is 2.58. The zero-order valence-corrected chi connectivity index (χ0v) is 12.1. The van der Waals surface area contributed by atoms with Gasteiger partial charge in [-0.2, -0.15) is 0 Å². The molecule has 1 saturated heterocycles. The van der Waals surface area contributed by atoms with E-state index in [-0.39, 0.29) is 0 Å². The minimum Gasteiger partial charge on any atom is -0.314 e. The van der Waals surface area contributed by atoms with Crippen LogP contribution in [-0.4, -0.2) is 38.2 Å². The van der Waals surface area contributed by atoms with Crippen molar-refractivity contribution in [2.75, 3.05) is 13.1 Å². The second-order valence-corrected chi connectivity index (χ2v) is 7.12. The van der Waals surface area contributed by atoms with E-state index in [1.807, 2.05) is 0 Å². The van der Waals surface area contributed by atoms with Crippen LogP contribution < -0.4 is 5.32 Å². The molecule has 0 aliphatic carbocycles. The van der Waals surface area contributed by atoms with Crippen LogP contribution in [0.1, 0.15) is 25.7 Å². The molecule has 0 bridgehead atoms. The predicted octanol–water partition coefficient (Wildman–Crippen LogP) is 1.88. The molecule has 0 saturated carbocycles. The van der Waals surface area contributed by atoms with Crippen LogP contribution >= 0.6 is 0 Å². The average Bonchev–Trinajstić information content (AvgIpc) is 2.48. The molecule has 6 heteroatoms. The van der Waals surface area contributed by atoms with E-state index in [9.17, 15) is 8.42 Å². The highest BCUT2D eigenvalue weighted by Gasteiger charge is 2.28. The van der Waals surface area contributed by atoms with Crippen molar-refractivity contribution in [1.29, 1.82) is 0 Å². The first kappa shape index (κ1) is 13.6. The molecule has 0 radical (unpaired) electrons. The van der Waals surface area contributed by atoms with Crippen LogP contribution in [-0.2, 0) is 10.0 Å². The Morgan fingerprint density at radius 2 is 2.15 bits per heavy atom. The maximum atomic E-state index is 12.5.